The number of ether oxygens (including phenoxy) is 4. The van der Waals surface area contributed by atoms with Crippen molar-refractivity contribution in [2.75, 3.05) is 19.8 Å². The van der Waals surface area contributed by atoms with Gasteiger partial charge < -0.3 is 24.3 Å². The lowest BCUT2D eigenvalue weighted by Crippen LogP contribution is -2.33. The first-order valence-electron chi connectivity index (χ1n) is 13.4. The van der Waals surface area contributed by atoms with E-state index in [4.69, 9.17) is 18.9 Å². The molecule has 0 aliphatic heterocycles. The summed E-state index contributed by atoms with van der Waals surface area (Å²) in [6.45, 7) is 13.0. The Morgan fingerprint density at radius 2 is 1.45 bits per heavy atom. The lowest BCUT2D eigenvalue weighted by Gasteiger charge is -2.26. The number of rotatable bonds is 12. The standard InChI is InChI=1S/C31H39N3O6/c1-7-37-28(35)27-32-19-17-24(34-27)21-39-26-15-11-23(12-16-26)31(5,6)22-9-13-25(14-10-22)38-20-8-18-33-29(36)40-30(2,3)4/h9-17,19H,7-8,18,20-21H2,1-6H3,(H,33,36). The number of nitrogens with one attached hydrogen (secondary N) is 1. The van der Waals surface area contributed by atoms with Gasteiger partial charge in [0.2, 0.25) is 5.82 Å². The zero-order valence-electron chi connectivity index (χ0n) is 24.2. The van der Waals surface area contributed by atoms with Gasteiger partial charge in [-0.05, 0) is 75.6 Å². The summed E-state index contributed by atoms with van der Waals surface area (Å²) < 4.78 is 21.9. The summed E-state index contributed by atoms with van der Waals surface area (Å²) in [4.78, 5) is 31.7. The SMILES string of the molecule is CCOC(=O)c1nccc(COc2ccc(C(C)(C)c3ccc(OCCCNC(=O)OC(C)(C)C)cc3)cc2)n1. The molecule has 40 heavy (non-hydrogen) atoms. The third kappa shape index (κ3) is 9.25. The molecule has 0 atom stereocenters. The molecule has 9 nitrogen and oxygen atoms in total. The van der Waals surface area contributed by atoms with Gasteiger partial charge in [-0.2, -0.15) is 0 Å². The molecule has 0 bridgehead atoms. The molecule has 0 aliphatic carbocycles. The van der Waals surface area contributed by atoms with E-state index in [9.17, 15) is 9.59 Å². The Labute approximate surface area is 236 Å². The molecular weight excluding hydrogens is 510 g/mol. The smallest absolute Gasteiger partial charge is 0.407 e. The Bertz CT molecular complexity index is 1250. The first-order chi connectivity index (χ1) is 19.0. The summed E-state index contributed by atoms with van der Waals surface area (Å²) in [5.74, 6) is 0.937. The van der Waals surface area contributed by atoms with Crippen molar-refractivity contribution in [3.63, 3.8) is 0 Å². The van der Waals surface area contributed by atoms with Crippen LogP contribution in [0, 0.1) is 0 Å². The van der Waals surface area contributed by atoms with Crippen molar-refractivity contribution in [1.82, 2.24) is 15.3 Å². The summed E-state index contributed by atoms with van der Waals surface area (Å²) in [7, 11) is 0. The maximum atomic E-state index is 11.9. The molecule has 0 spiro atoms. The van der Waals surface area contributed by atoms with Crippen LogP contribution < -0.4 is 14.8 Å². The van der Waals surface area contributed by atoms with Gasteiger partial charge in [0.15, 0.2) is 0 Å². The molecular formula is C31H39N3O6. The number of amides is 1. The van der Waals surface area contributed by atoms with E-state index < -0.39 is 17.7 Å². The predicted octanol–water partition coefficient (Wildman–Crippen LogP) is 5.85. The van der Waals surface area contributed by atoms with Crippen molar-refractivity contribution in [3.05, 3.63) is 83.4 Å². The fourth-order valence-electron chi connectivity index (χ4n) is 3.80. The van der Waals surface area contributed by atoms with E-state index in [0.29, 0.717) is 31.0 Å². The average Bonchev–Trinajstić information content (AvgIpc) is 2.91. The van der Waals surface area contributed by atoms with Gasteiger partial charge in [-0.15, -0.1) is 0 Å². The highest BCUT2D eigenvalue weighted by atomic mass is 16.6. The van der Waals surface area contributed by atoms with Gasteiger partial charge in [0.05, 0.1) is 18.9 Å². The van der Waals surface area contributed by atoms with Crippen molar-refractivity contribution in [3.8, 4) is 11.5 Å². The summed E-state index contributed by atoms with van der Waals surface area (Å²) >= 11 is 0. The number of nitrogens with zero attached hydrogens (tertiary/aromatic N) is 2. The Balaban J connectivity index is 1.49. The number of benzene rings is 2. The molecule has 2 aromatic carbocycles. The molecule has 214 valence electrons. The first-order valence-corrected chi connectivity index (χ1v) is 13.4. The molecule has 0 radical (unpaired) electrons. The van der Waals surface area contributed by atoms with Gasteiger partial charge in [-0.3, -0.25) is 0 Å². The van der Waals surface area contributed by atoms with Gasteiger partial charge in [-0.1, -0.05) is 38.1 Å². The molecule has 0 unspecified atom stereocenters. The van der Waals surface area contributed by atoms with Crippen LogP contribution in [0.15, 0.2) is 60.8 Å². The van der Waals surface area contributed by atoms with Gasteiger partial charge in [-0.25, -0.2) is 19.6 Å². The molecule has 0 saturated carbocycles. The molecule has 9 heteroatoms. The number of hydrogen-bond acceptors (Lipinski definition) is 8. The number of aromatic nitrogens is 2. The normalized spacial score (nSPS) is 11.4. The van der Waals surface area contributed by atoms with E-state index >= 15 is 0 Å². The van der Waals surface area contributed by atoms with Gasteiger partial charge in [0, 0.05) is 18.2 Å². The highest BCUT2D eigenvalue weighted by Gasteiger charge is 2.23. The number of hydrogen-bond donors (Lipinski definition) is 1. The maximum Gasteiger partial charge on any atom is 0.407 e. The van der Waals surface area contributed by atoms with Gasteiger partial charge in [0.25, 0.3) is 0 Å². The second-order valence-corrected chi connectivity index (χ2v) is 10.7. The van der Waals surface area contributed by atoms with Crippen LogP contribution in [0.25, 0.3) is 0 Å². The van der Waals surface area contributed by atoms with Crippen LogP contribution in [0.4, 0.5) is 4.79 Å². The van der Waals surface area contributed by atoms with Gasteiger partial charge >= 0.3 is 12.1 Å². The van der Waals surface area contributed by atoms with Crippen LogP contribution in [-0.2, 0) is 21.5 Å². The number of carbonyl (C=O) groups excluding carboxylic acids is 2. The van der Waals surface area contributed by atoms with E-state index in [2.05, 4.69) is 41.3 Å². The summed E-state index contributed by atoms with van der Waals surface area (Å²) in [5, 5.41) is 2.73. The quantitative estimate of drug-likeness (QED) is 0.221. The van der Waals surface area contributed by atoms with Crippen molar-refractivity contribution in [1.29, 1.82) is 0 Å². The second-order valence-electron chi connectivity index (χ2n) is 10.7. The molecule has 3 aromatic rings. The van der Waals surface area contributed by atoms with Crippen LogP contribution in [0.2, 0.25) is 0 Å². The molecule has 0 aliphatic rings. The minimum Gasteiger partial charge on any atom is -0.494 e. The lowest BCUT2D eigenvalue weighted by atomic mass is 9.78. The number of esters is 1. The highest BCUT2D eigenvalue weighted by molar-refractivity contribution is 5.85. The van der Waals surface area contributed by atoms with E-state index in [0.717, 1.165) is 16.9 Å². The second kappa shape index (κ2) is 13.8. The average molecular weight is 550 g/mol. The van der Waals surface area contributed by atoms with Gasteiger partial charge in [0.1, 0.15) is 23.7 Å². The summed E-state index contributed by atoms with van der Waals surface area (Å²) in [6, 6.07) is 17.7. The monoisotopic (exact) mass is 549 g/mol. The highest BCUT2D eigenvalue weighted by Crippen LogP contribution is 2.33. The Morgan fingerprint density at radius 1 is 0.850 bits per heavy atom. The van der Waals surface area contributed by atoms with Crippen molar-refractivity contribution in [2.45, 2.75) is 65.6 Å². The van der Waals surface area contributed by atoms with Crippen molar-refractivity contribution in [2.24, 2.45) is 0 Å². The van der Waals surface area contributed by atoms with E-state index in [-0.39, 0.29) is 24.5 Å². The zero-order chi connectivity index (χ0) is 29.2. The zero-order valence-corrected chi connectivity index (χ0v) is 24.2. The fourth-order valence-corrected chi connectivity index (χ4v) is 3.80. The van der Waals surface area contributed by atoms with E-state index in [1.165, 1.54) is 6.20 Å². The maximum absolute atomic E-state index is 11.9. The van der Waals surface area contributed by atoms with Crippen LogP contribution in [0.5, 0.6) is 11.5 Å². The third-order valence-corrected chi connectivity index (χ3v) is 5.97. The molecule has 1 N–H and O–H groups in total. The van der Waals surface area contributed by atoms with E-state index in [1.54, 1.807) is 13.0 Å². The molecule has 0 saturated heterocycles. The minimum absolute atomic E-state index is 0.0201. The molecule has 1 amide bonds. The Kier molecular flexibility index (Phi) is 10.5. The van der Waals surface area contributed by atoms with E-state index in [1.807, 2.05) is 57.2 Å². The summed E-state index contributed by atoms with van der Waals surface area (Å²) in [5.41, 5.74) is 2.11. The Hall–Kier alpha value is -4.14. The molecule has 1 aromatic heterocycles. The van der Waals surface area contributed by atoms with Crippen LogP contribution >= 0.6 is 0 Å². The molecule has 3 rings (SSSR count). The fraction of sp³-hybridized carbons (Fsp3) is 0.419. The third-order valence-electron chi connectivity index (χ3n) is 5.97. The largest absolute Gasteiger partial charge is 0.494 e. The van der Waals surface area contributed by atoms with Crippen molar-refractivity contribution < 1.29 is 28.5 Å². The molecule has 0 fully saturated rings. The number of alkyl carbamates (subject to hydrolysis) is 1. The summed E-state index contributed by atoms with van der Waals surface area (Å²) in [6.07, 6.45) is 1.77. The van der Waals surface area contributed by atoms with Crippen LogP contribution in [0.1, 0.15) is 75.4 Å². The van der Waals surface area contributed by atoms with Crippen LogP contribution in [-0.4, -0.2) is 47.4 Å². The van der Waals surface area contributed by atoms with Crippen LogP contribution in [0.3, 0.4) is 0 Å². The topological polar surface area (TPSA) is 109 Å². The predicted molar refractivity (Wildman–Crippen MR) is 152 cm³/mol. The molecule has 1 heterocycles. The van der Waals surface area contributed by atoms with Crippen molar-refractivity contribution >= 4 is 12.1 Å². The Morgan fingerprint density at radius 3 is 2.02 bits per heavy atom. The number of carbonyl (C=O) groups is 2. The minimum atomic E-state index is -0.553. The first kappa shape index (κ1) is 30.4. The lowest BCUT2D eigenvalue weighted by molar-refractivity contribution is 0.0505.